The van der Waals surface area contributed by atoms with Crippen molar-refractivity contribution in [2.24, 2.45) is 5.14 Å². The van der Waals surface area contributed by atoms with Crippen molar-refractivity contribution in [2.45, 2.75) is 4.90 Å². The van der Waals surface area contributed by atoms with E-state index in [4.69, 9.17) is 5.14 Å². The monoisotopic (exact) mass is 269 g/mol. The molecule has 6 heteroatoms. The van der Waals surface area contributed by atoms with Crippen molar-refractivity contribution in [3.05, 3.63) is 54.1 Å². The summed E-state index contributed by atoms with van der Waals surface area (Å²) in [5.41, 5.74) is 0.440. The van der Waals surface area contributed by atoms with Crippen LogP contribution >= 0.6 is 0 Å². The van der Waals surface area contributed by atoms with Crippen LogP contribution in [0.15, 0.2) is 47.4 Å². The van der Waals surface area contributed by atoms with Crippen molar-refractivity contribution in [1.82, 2.24) is 0 Å². The number of hydrogen-bond donors (Lipinski definition) is 1. The van der Waals surface area contributed by atoms with Crippen molar-refractivity contribution >= 4 is 10.0 Å². The number of rotatable bonds is 2. The third-order valence-electron chi connectivity index (χ3n) is 2.45. The molecule has 2 aromatic rings. The highest BCUT2D eigenvalue weighted by Crippen LogP contribution is 2.25. The molecule has 0 radical (unpaired) electrons. The number of halogens is 2. The number of hydrogen-bond acceptors (Lipinski definition) is 2. The molecule has 2 rings (SSSR count). The molecule has 0 aliphatic heterocycles. The minimum absolute atomic E-state index is 0.0657. The summed E-state index contributed by atoms with van der Waals surface area (Å²) < 4.78 is 48.6. The predicted molar refractivity (Wildman–Crippen MR) is 63.2 cm³/mol. The lowest BCUT2D eigenvalue weighted by molar-refractivity contribution is 0.511. The van der Waals surface area contributed by atoms with E-state index in [0.29, 0.717) is 5.56 Å². The summed E-state index contributed by atoms with van der Waals surface area (Å²) in [6.45, 7) is 0. The van der Waals surface area contributed by atoms with Gasteiger partial charge in [0.05, 0.1) is 4.90 Å². The SMILES string of the molecule is NS(=O)(=O)c1ccc(-c2cccc(F)c2F)cc1. The Morgan fingerprint density at radius 2 is 1.56 bits per heavy atom. The van der Waals surface area contributed by atoms with E-state index in [2.05, 4.69) is 0 Å². The second-order valence-electron chi connectivity index (χ2n) is 3.67. The summed E-state index contributed by atoms with van der Waals surface area (Å²) in [5, 5.41) is 4.94. The van der Waals surface area contributed by atoms with Gasteiger partial charge < -0.3 is 0 Å². The van der Waals surface area contributed by atoms with Crippen molar-refractivity contribution in [2.75, 3.05) is 0 Å². The molecule has 0 aliphatic rings. The van der Waals surface area contributed by atoms with Crippen LogP contribution in [-0.2, 0) is 10.0 Å². The Kier molecular flexibility index (Phi) is 3.14. The van der Waals surface area contributed by atoms with Gasteiger partial charge in [-0.05, 0) is 23.8 Å². The average Bonchev–Trinajstić information content (AvgIpc) is 2.32. The highest BCUT2D eigenvalue weighted by atomic mass is 32.2. The smallest absolute Gasteiger partial charge is 0.225 e. The van der Waals surface area contributed by atoms with Crippen molar-refractivity contribution in [3.8, 4) is 11.1 Å². The lowest BCUT2D eigenvalue weighted by atomic mass is 10.1. The van der Waals surface area contributed by atoms with Crippen molar-refractivity contribution in [1.29, 1.82) is 0 Å². The number of sulfonamides is 1. The first-order chi connectivity index (χ1) is 8.39. The molecule has 0 saturated heterocycles. The highest BCUT2D eigenvalue weighted by molar-refractivity contribution is 7.89. The third-order valence-corrected chi connectivity index (χ3v) is 3.37. The van der Waals surface area contributed by atoms with Crippen LogP contribution in [0.4, 0.5) is 8.78 Å². The van der Waals surface area contributed by atoms with E-state index in [1.807, 2.05) is 0 Å². The summed E-state index contributed by atoms with van der Waals surface area (Å²) in [4.78, 5) is -0.0805. The van der Waals surface area contributed by atoms with Gasteiger partial charge >= 0.3 is 0 Å². The average molecular weight is 269 g/mol. The van der Waals surface area contributed by atoms with Crippen LogP contribution in [0.5, 0.6) is 0 Å². The fraction of sp³-hybridized carbons (Fsp3) is 0. The predicted octanol–water partition coefficient (Wildman–Crippen LogP) is 2.28. The first kappa shape index (κ1) is 12.7. The van der Waals surface area contributed by atoms with Gasteiger partial charge in [-0.3, -0.25) is 0 Å². The van der Waals surface area contributed by atoms with Gasteiger partial charge in [-0.25, -0.2) is 22.3 Å². The zero-order valence-electron chi connectivity index (χ0n) is 9.10. The Morgan fingerprint density at radius 3 is 2.11 bits per heavy atom. The minimum Gasteiger partial charge on any atom is -0.225 e. The fourth-order valence-corrected chi connectivity index (χ4v) is 2.07. The summed E-state index contributed by atoms with van der Waals surface area (Å²) in [5.74, 6) is -1.93. The second kappa shape index (κ2) is 4.47. The maximum atomic E-state index is 13.5. The molecule has 0 unspecified atom stereocenters. The van der Waals surface area contributed by atoms with Gasteiger partial charge in [0.15, 0.2) is 11.6 Å². The first-order valence-electron chi connectivity index (χ1n) is 4.97. The second-order valence-corrected chi connectivity index (χ2v) is 5.23. The van der Waals surface area contributed by atoms with Crippen LogP contribution in [0.3, 0.4) is 0 Å². The maximum Gasteiger partial charge on any atom is 0.238 e. The summed E-state index contributed by atoms with van der Waals surface area (Å²) in [6, 6.07) is 9.03. The van der Waals surface area contributed by atoms with E-state index in [0.717, 1.165) is 6.07 Å². The van der Waals surface area contributed by atoms with E-state index in [1.165, 1.54) is 36.4 Å². The standard InChI is InChI=1S/C12H9F2NO2S/c13-11-3-1-2-10(12(11)14)8-4-6-9(7-5-8)18(15,16)17/h1-7H,(H2,15,16,17). The van der Waals surface area contributed by atoms with Gasteiger partial charge in [0.2, 0.25) is 10.0 Å². The third kappa shape index (κ3) is 2.39. The number of primary sulfonamides is 1. The minimum atomic E-state index is -3.79. The summed E-state index contributed by atoms with van der Waals surface area (Å²) in [7, 11) is -3.79. The van der Waals surface area contributed by atoms with Gasteiger partial charge in [-0.1, -0.05) is 24.3 Å². The number of benzene rings is 2. The Morgan fingerprint density at radius 1 is 0.944 bits per heavy atom. The summed E-state index contributed by atoms with van der Waals surface area (Å²) in [6.07, 6.45) is 0. The molecule has 0 aliphatic carbocycles. The van der Waals surface area contributed by atoms with Gasteiger partial charge in [-0.2, -0.15) is 0 Å². The Balaban J connectivity index is 2.50. The van der Waals surface area contributed by atoms with E-state index < -0.39 is 21.7 Å². The van der Waals surface area contributed by atoms with Crippen LogP contribution in [0.25, 0.3) is 11.1 Å². The van der Waals surface area contributed by atoms with Gasteiger partial charge in [0, 0.05) is 5.56 Å². The highest BCUT2D eigenvalue weighted by Gasteiger charge is 2.11. The van der Waals surface area contributed by atoms with Gasteiger partial charge in [-0.15, -0.1) is 0 Å². The largest absolute Gasteiger partial charge is 0.238 e. The molecular formula is C12H9F2NO2S. The topological polar surface area (TPSA) is 60.2 Å². The van der Waals surface area contributed by atoms with Crippen LogP contribution in [0.1, 0.15) is 0 Å². The molecule has 0 spiro atoms. The van der Waals surface area contributed by atoms with Crippen molar-refractivity contribution in [3.63, 3.8) is 0 Å². The molecular weight excluding hydrogens is 260 g/mol. The molecule has 0 amide bonds. The molecule has 2 N–H and O–H groups in total. The fourth-order valence-electron chi connectivity index (χ4n) is 1.55. The summed E-state index contributed by atoms with van der Waals surface area (Å²) >= 11 is 0. The molecule has 0 bridgehead atoms. The molecule has 0 aromatic heterocycles. The molecule has 2 aromatic carbocycles. The van der Waals surface area contributed by atoms with Gasteiger partial charge in [0.25, 0.3) is 0 Å². The van der Waals surface area contributed by atoms with Crippen LogP contribution in [0.2, 0.25) is 0 Å². The molecule has 0 heterocycles. The van der Waals surface area contributed by atoms with Crippen LogP contribution < -0.4 is 5.14 Å². The lowest BCUT2D eigenvalue weighted by Gasteiger charge is -2.05. The quantitative estimate of drug-likeness (QED) is 0.909. The molecule has 0 fully saturated rings. The van der Waals surface area contributed by atoms with Crippen LogP contribution in [0, 0.1) is 11.6 Å². The Labute approximate surface area is 103 Å². The van der Waals surface area contributed by atoms with E-state index >= 15 is 0 Å². The van der Waals surface area contributed by atoms with Crippen molar-refractivity contribution < 1.29 is 17.2 Å². The van der Waals surface area contributed by atoms with Crippen LogP contribution in [-0.4, -0.2) is 8.42 Å². The molecule has 3 nitrogen and oxygen atoms in total. The zero-order valence-corrected chi connectivity index (χ0v) is 9.92. The maximum absolute atomic E-state index is 13.5. The molecule has 0 saturated carbocycles. The molecule has 0 atom stereocenters. The Bertz CT molecular complexity index is 682. The first-order valence-corrected chi connectivity index (χ1v) is 6.51. The molecule has 18 heavy (non-hydrogen) atoms. The van der Waals surface area contributed by atoms with E-state index in [-0.39, 0.29) is 10.5 Å². The van der Waals surface area contributed by atoms with Gasteiger partial charge in [0.1, 0.15) is 0 Å². The number of nitrogens with two attached hydrogens (primary N) is 1. The van der Waals surface area contributed by atoms with E-state index in [9.17, 15) is 17.2 Å². The lowest BCUT2D eigenvalue weighted by Crippen LogP contribution is -2.11. The zero-order chi connectivity index (χ0) is 13.3. The van der Waals surface area contributed by atoms with E-state index in [1.54, 1.807) is 0 Å². The molecule has 94 valence electrons. The Hall–Kier alpha value is -1.79. The normalized spacial score (nSPS) is 11.5.